The Hall–Kier alpha value is -2.70. The molecule has 2 aromatic rings. The molecule has 2 rings (SSSR count). The van der Waals surface area contributed by atoms with Gasteiger partial charge in [-0.2, -0.15) is 0 Å². The molecule has 0 fully saturated rings. The minimum absolute atomic E-state index is 0.0571. The Bertz CT molecular complexity index is 784. The first-order chi connectivity index (χ1) is 9.81. The second-order valence-electron chi connectivity index (χ2n) is 4.79. The number of halogens is 1. The number of nitro groups is 1. The highest BCUT2D eigenvalue weighted by Gasteiger charge is 2.20. The Morgan fingerprint density at radius 2 is 1.95 bits per heavy atom. The van der Waals surface area contributed by atoms with E-state index in [0.717, 1.165) is 10.1 Å². The molecule has 1 aromatic carbocycles. The molecule has 0 aliphatic carbocycles. The molecule has 6 nitrogen and oxygen atoms in total. The van der Waals surface area contributed by atoms with Crippen molar-refractivity contribution in [3.05, 3.63) is 61.7 Å². The number of nitrogens with zero attached hydrogens (tertiary/aromatic N) is 2. The average Bonchev–Trinajstić information content (AvgIpc) is 2.41. The second-order valence-corrected chi connectivity index (χ2v) is 4.79. The molecule has 7 heteroatoms. The fourth-order valence-electron chi connectivity index (χ4n) is 2.01. The number of benzene rings is 1. The fourth-order valence-corrected chi connectivity index (χ4v) is 2.01. The predicted molar refractivity (Wildman–Crippen MR) is 77.5 cm³/mol. The quantitative estimate of drug-likeness (QED) is 0.696. The number of aromatic nitrogens is 1. The van der Waals surface area contributed by atoms with Gasteiger partial charge < -0.3 is 5.32 Å². The van der Waals surface area contributed by atoms with Crippen LogP contribution in [0.25, 0.3) is 0 Å². The zero-order chi connectivity index (χ0) is 15.7. The van der Waals surface area contributed by atoms with Crippen molar-refractivity contribution in [1.29, 1.82) is 0 Å². The SMILES string of the molecule is Cc1ccc(Nc2c([N+](=O)[O-])cc(C)c(=O)n2C)c(F)c1. The van der Waals surface area contributed by atoms with E-state index < -0.39 is 10.7 Å². The Labute approximate surface area is 120 Å². The molecule has 110 valence electrons. The van der Waals surface area contributed by atoms with Gasteiger partial charge >= 0.3 is 5.69 Å². The summed E-state index contributed by atoms with van der Waals surface area (Å²) in [6.07, 6.45) is 0. The third kappa shape index (κ3) is 2.76. The summed E-state index contributed by atoms with van der Waals surface area (Å²) < 4.78 is 15.0. The summed E-state index contributed by atoms with van der Waals surface area (Å²) in [5, 5.41) is 13.8. The minimum atomic E-state index is -0.610. The number of nitrogens with one attached hydrogen (secondary N) is 1. The highest BCUT2D eigenvalue weighted by molar-refractivity contribution is 5.67. The van der Waals surface area contributed by atoms with Crippen molar-refractivity contribution < 1.29 is 9.31 Å². The van der Waals surface area contributed by atoms with Gasteiger partial charge in [0.15, 0.2) is 5.82 Å². The van der Waals surface area contributed by atoms with E-state index in [4.69, 9.17) is 0 Å². The van der Waals surface area contributed by atoms with Crippen molar-refractivity contribution in [3.63, 3.8) is 0 Å². The summed E-state index contributed by atoms with van der Waals surface area (Å²) in [6, 6.07) is 5.62. The van der Waals surface area contributed by atoms with E-state index in [1.165, 1.54) is 32.2 Å². The van der Waals surface area contributed by atoms with Gasteiger partial charge in [-0.25, -0.2) is 4.39 Å². The second kappa shape index (κ2) is 5.35. The predicted octanol–water partition coefficient (Wildman–Crippen LogP) is 2.79. The van der Waals surface area contributed by atoms with Crippen LogP contribution < -0.4 is 10.9 Å². The van der Waals surface area contributed by atoms with E-state index in [9.17, 15) is 19.3 Å². The van der Waals surface area contributed by atoms with Crippen molar-refractivity contribution in [2.45, 2.75) is 13.8 Å². The minimum Gasteiger partial charge on any atom is -0.333 e. The van der Waals surface area contributed by atoms with E-state index in [-0.39, 0.29) is 28.3 Å². The maximum Gasteiger partial charge on any atom is 0.310 e. The molecule has 0 aliphatic rings. The summed E-state index contributed by atoms with van der Waals surface area (Å²) in [7, 11) is 1.40. The van der Waals surface area contributed by atoms with Crippen LogP contribution in [0.3, 0.4) is 0 Å². The fraction of sp³-hybridized carbons (Fsp3) is 0.214. The maximum absolute atomic E-state index is 13.9. The van der Waals surface area contributed by atoms with Crippen LogP contribution in [0.2, 0.25) is 0 Å². The Morgan fingerprint density at radius 1 is 1.29 bits per heavy atom. The number of anilines is 2. The third-order valence-electron chi connectivity index (χ3n) is 3.15. The van der Waals surface area contributed by atoms with Gasteiger partial charge in [0.25, 0.3) is 5.56 Å². The average molecular weight is 291 g/mol. The molecule has 1 aromatic heterocycles. The Balaban J connectivity index is 2.60. The zero-order valence-corrected chi connectivity index (χ0v) is 11.8. The van der Waals surface area contributed by atoms with Gasteiger partial charge in [0.1, 0.15) is 5.82 Å². The van der Waals surface area contributed by atoms with Crippen molar-refractivity contribution >= 4 is 17.2 Å². The van der Waals surface area contributed by atoms with Crippen LogP contribution in [0.15, 0.2) is 29.1 Å². The van der Waals surface area contributed by atoms with Crippen LogP contribution in [0.4, 0.5) is 21.6 Å². The van der Waals surface area contributed by atoms with E-state index in [1.807, 2.05) is 0 Å². The van der Waals surface area contributed by atoms with Gasteiger partial charge in [0.2, 0.25) is 0 Å². The lowest BCUT2D eigenvalue weighted by molar-refractivity contribution is -0.384. The molecule has 21 heavy (non-hydrogen) atoms. The van der Waals surface area contributed by atoms with Crippen molar-refractivity contribution in [2.75, 3.05) is 5.32 Å². The van der Waals surface area contributed by atoms with Crippen LogP contribution in [0.1, 0.15) is 11.1 Å². The molecular weight excluding hydrogens is 277 g/mol. The number of aryl methyl sites for hydroxylation is 2. The third-order valence-corrected chi connectivity index (χ3v) is 3.15. The maximum atomic E-state index is 13.9. The monoisotopic (exact) mass is 291 g/mol. The molecule has 1 heterocycles. The molecule has 1 N–H and O–H groups in total. The molecule has 0 amide bonds. The van der Waals surface area contributed by atoms with Crippen LogP contribution in [-0.2, 0) is 7.05 Å². The number of pyridine rings is 1. The number of hydrogen-bond donors (Lipinski definition) is 1. The van der Waals surface area contributed by atoms with E-state index in [2.05, 4.69) is 5.32 Å². The lowest BCUT2D eigenvalue weighted by Crippen LogP contribution is -2.22. The van der Waals surface area contributed by atoms with Gasteiger partial charge in [-0.3, -0.25) is 19.5 Å². The van der Waals surface area contributed by atoms with E-state index >= 15 is 0 Å². The first-order valence-corrected chi connectivity index (χ1v) is 6.19. The molecule has 0 bridgehead atoms. The van der Waals surface area contributed by atoms with Crippen molar-refractivity contribution in [3.8, 4) is 0 Å². The molecule has 0 unspecified atom stereocenters. The van der Waals surface area contributed by atoms with Crippen LogP contribution >= 0.6 is 0 Å². The van der Waals surface area contributed by atoms with Gasteiger partial charge in [-0.05, 0) is 31.5 Å². The lowest BCUT2D eigenvalue weighted by atomic mass is 10.2. The van der Waals surface area contributed by atoms with Gasteiger partial charge in [-0.1, -0.05) is 6.07 Å². The van der Waals surface area contributed by atoms with Crippen LogP contribution in [0.5, 0.6) is 0 Å². The highest BCUT2D eigenvalue weighted by Crippen LogP contribution is 2.28. The molecular formula is C14H14FN3O3. The lowest BCUT2D eigenvalue weighted by Gasteiger charge is -2.13. The molecule has 0 spiro atoms. The van der Waals surface area contributed by atoms with Crippen LogP contribution in [-0.4, -0.2) is 9.49 Å². The first-order valence-electron chi connectivity index (χ1n) is 6.19. The molecule has 0 saturated carbocycles. The van der Waals surface area contributed by atoms with E-state index in [0.29, 0.717) is 0 Å². The Morgan fingerprint density at radius 3 is 2.52 bits per heavy atom. The Kier molecular flexibility index (Phi) is 3.75. The molecule has 0 radical (unpaired) electrons. The summed E-state index contributed by atoms with van der Waals surface area (Å²) >= 11 is 0. The molecule has 0 aliphatic heterocycles. The van der Waals surface area contributed by atoms with E-state index in [1.54, 1.807) is 13.0 Å². The largest absolute Gasteiger partial charge is 0.333 e. The van der Waals surface area contributed by atoms with Gasteiger partial charge in [-0.15, -0.1) is 0 Å². The van der Waals surface area contributed by atoms with Gasteiger partial charge in [0, 0.05) is 18.7 Å². The smallest absolute Gasteiger partial charge is 0.310 e. The highest BCUT2D eigenvalue weighted by atomic mass is 19.1. The zero-order valence-electron chi connectivity index (χ0n) is 11.8. The summed E-state index contributed by atoms with van der Waals surface area (Å²) in [6.45, 7) is 3.22. The first kappa shape index (κ1) is 14.7. The summed E-state index contributed by atoms with van der Waals surface area (Å²) in [5.41, 5.74) is 0.386. The number of hydrogen-bond acceptors (Lipinski definition) is 4. The summed E-state index contributed by atoms with van der Waals surface area (Å²) in [4.78, 5) is 22.4. The summed E-state index contributed by atoms with van der Waals surface area (Å²) in [5.74, 6) is -0.601. The molecule has 0 atom stereocenters. The van der Waals surface area contributed by atoms with Crippen molar-refractivity contribution in [2.24, 2.45) is 7.05 Å². The van der Waals surface area contributed by atoms with Crippen molar-refractivity contribution in [1.82, 2.24) is 4.57 Å². The van der Waals surface area contributed by atoms with Crippen LogP contribution in [0, 0.1) is 29.8 Å². The number of rotatable bonds is 3. The standard InChI is InChI=1S/C14H14FN3O3/c1-8-4-5-11(10(15)6-8)16-13-12(18(20)21)7-9(2)14(19)17(13)3/h4-7,16H,1-3H3. The normalized spacial score (nSPS) is 10.5. The molecule has 0 saturated heterocycles. The van der Waals surface area contributed by atoms with Gasteiger partial charge in [0.05, 0.1) is 10.6 Å². The topological polar surface area (TPSA) is 77.2 Å².